The van der Waals surface area contributed by atoms with Crippen molar-refractivity contribution in [1.82, 2.24) is 15.2 Å². The summed E-state index contributed by atoms with van der Waals surface area (Å²) in [5.74, 6) is 0.575. The Bertz CT molecular complexity index is 1900. The zero-order chi connectivity index (χ0) is 32.2. The Morgan fingerprint density at radius 1 is 0.957 bits per heavy atom. The highest BCUT2D eigenvalue weighted by atomic mass is 35.5. The highest BCUT2D eigenvalue weighted by molar-refractivity contribution is 6.31. The highest BCUT2D eigenvalue weighted by Crippen LogP contribution is 2.55. The van der Waals surface area contributed by atoms with E-state index in [1.165, 1.54) is 7.11 Å². The molecule has 4 bridgehead atoms. The van der Waals surface area contributed by atoms with Crippen molar-refractivity contribution in [3.8, 4) is 5.69 Å². The maximum atomic E-state index is 13.9. The fraction of sp³-hybridized carbons (Fsp3) is 0.351. The lowest BCUT2D eigenvalue weighted by atomic mass is 9.51. The molecule has 4 saturated carbocycles. The van der Waals surface area contributed by atoms with Crippen molar-refractivity contribution in [2.24, 2.45) is 17.8 Å². The number of nitrogens with one attached hydrogen (secondary N) is 2. The molecule has 9 heteroatoms. The predicted molar refractivity (Wildman–Crippen MR) is 176 cm³/mol. The quantitative estimate of drug-likeness (QED) is 0.248. The Labute approximate surface area is 272 Å². The molecule has 0 unspecified atom stereocenters. The van der Waals surface area contributed by atoms with Gasteiger partial charge in [0.1, 0.15) is 5.69 Å². The van der Waals surface area contributed by atoms with Crippen molar-refractivity contribution in [2.45, 2.75) is 57.0 Å². The van der Waals surface area contributed by atoms with Crippen molar-refractivity contribution in [3.63, 3.8) is 0 Å². The third-order valence-corrected chi connectivity index (χ3v) is 10.5. The summed E-state index contributed by atoms with van der Waals surface area (Å²) >= 11 is 6.35. The number of hydrogen-bond acceptors (Lipinski definition) is 5. The lowest BCUT2D eigenvalue weighted by Crippen LogP contribution is -2.66. The van der Waals surface area contributed by atoms with Crippen molar-refractivity contribution >= 4 is 40.3 Å². The van der Waals surface area contributed by atoms with Crippen LogP contribution in [0.15, 0.2) is 77.6 Å². The largest absolute Gasteiger partial charge is 0.464 e. The Hall–Kier alpha value is -4.43. The molecule has 8 rings (SSSR count). The third-order valence-electron chi connectivity index (χ3n) is 10.2. The number of ether oxygens (including phenoxy) is 1. The molecule has 4 aliphatic rings. The van der Waals surface area contributed by atoms with Gasteiger partial charge in [0, 0.05) is 52.1 Å². The summed E-state index contributed by atoms with van der Waals surface area (Å²) in [6, 6.07) is 21.6. The molecule has 1 aromatic heterocycles. The van der Waals surface area contributed by atoms with Crippen LogP contribution in [0.4, 0.5) is 0 Å². The first-order chi connectivity index (χ1) is 22.1. The minimum atomic E-state index is -0.634. The summed E-state index contributed by atoms with van der Waals surface area (Å²) in [4.78, 5) is 52.6. The lowest BCUT2D eigenvalue weighted by Gasteiger charge is -2.60. The Morgan fingerprint density at radius 2 is 1.65 bits per heavy atom. The van der Waals surface area contributed by atoms with Gasteiger partial charge in [0.25, 0.3) is 5.91 Å². The summed E-state index contributed by atoms with van der Waals surface area (Å²) in [5.41, 5.74) is 2.54. The van der Waals surface area contributed by atoms with E-state index in [-0.39, 0.29) is 40.9 Å². The van der Waals surface area contributed by atoms with Gasteiger partial charge in [-0.05, 0) is 97.9 Å². The number of hydrogen-bond donors (Lipinski definition) is 2. The number of carbonyl (C=O) groups is 3. The SMILES string of the molecule is COC(=O)c1c(Cc2ccc(C(=O)N[C@@H]3[C@@H]4C[C@@H]5C[C@H]3C[C@@](NC(C)=O)(C5)C4)cc2)c(=O)c2ccc(Cl)cc2n1-c1ccccc1. The maximum Gasteiger partial charge on any atom is 0.355 e. The van der Waals surface area contributed by atoms with Gasteiger partial charge in [0.2, 0.25) is 5.91 Å². The summed E-state index contributed by atoms with van der Waals surface area (Å²) < 4.78 is 6.92. The number of carbonyl (C=O) groups excluding carboxylic acids is 3. The molecule has 4 aliphatic carbocycles. The molecular formula is C37H36ClN3O5. The fourth-order valence-corrected chi connectivity index (χ4v) is 8.89. The van der Waals surface area contributed by atoms with Crippen molar-refractivity contribution in [2.75, 3.05) is 7.11 Å². The van der Waals surface area contributed by atoms with E-state index in [0.29, 0.717) is 50.5 Å². The summed E-state index contributed by atoms with van der Waals surface area (Å²) in [5, 5.41) is 7.46. The number of fused-ring (bicyclic) bond motifs is 1. The minimum Gasteiger partial charge on any atom is -0.464 e. The number of nitrogens with zero attached hydrogens (tertiary/aromatic N) is 1. The maximum absolute atomic E-state index is 13.9. The molecule has 4 fully saturated rings. The summed E-state index contributed by atoms with van der Waals surface area (Å²) in [7, 11) is 1.30. The van der Waals surface area contributed by atoms with E-state index >= 15 is 0 Å². The van der Waals surface area contributed by atoms with Crippen LogP contribution in [-0.4, -0.2) is 41.0 Å². The highest BCUT2D eigenvalue weighted by Gasteiger charge is 2.56. The number of benzene rings is 3. The monoisotopic (exact) mass is 637 g/mol. The second kappa shape index (κ2) is 11.7. The number of halogens is 1. The molecule has 1 heterocycles. The molecule has 2 N–H and O–H groups in total. The molecule has 8 nitrogen and oxygen atoms in total. The third kappa shape index (κ3) is 5.38. The minimum absolute atomic E-state index is 0.0217. The van der Waals surface area contributed by atoms with Crippen LogP contribution < -0.4 is 16.1 Å². The van der Waals surface area contributed by atoms with Gasteiger partial charge in [0.15, 0.2) is 5.43 Å². The molecule has 0 radical (unpaired) electrons. The molecule has 5 atom stereocenters. The Balaban J connectivity index is 1.17. The first kappa shape index (κ1) is 30.2. The first-order valence-electron chi connectivity index (χ1n) is 15.8. The second-order valence-corrected chi connectivity index (χ2v) is 13.7. The van der Waals surface area contributed by atoms with Gasteiger partial charge in [-0.2, -0.15) is 0 Å². The van der Waals surface area contributed by atoms with Crippen LogP contribution in [0.2, 0.25) is 5.02 Å². The number of methoxy groups -OCH3 is 1. The summed E-state index contributed by atoms with van der Waals surface area (Å²) in [6.45, 7) is 1.59. The van der Waals surface area contributed by atoms with Crippen LogP contribution >= 0.6 is 11.6 Å². The van der Waals surface area contributed by atoms with Crippen molar-refractivity contribution < 1.29 is 19.1 Å². The molecule has 2 amide bonds. The van der Waals surface area contributed by atoms with Crippen LogP contribution in [0, 0.1) is 17.8 Å². The standard InChI is InChI=1S/C37H36ClN3O5/c1-21(42)40-37-18-23-14-25(19-37)32(26(15-23)20-37)39-35(44)24-10-8-22(9-11-24)16-30-33(36(45)46-2)41(28-6-4-3-5-7-28)31-17-27(38)12-13-29(31)34(30)43/h3-13,17,23,25-26,32H,14-16,18-20H2,1-2H3,(H,39,44)(H,40,42)/t23-,25-,26+,32-,37-. The van der Waals surface area contributed by atoms with Gasteiger partial charge in [-0.1, -0.05) is 41.9 Å². The van der Waals surface area contributed by atoms with Gasteiger partial charge < -0.3 is 19.9 Å². The van der Waals surface area contributed by atoms with Crippen LogP contribution in [-0.2, 0) is 16.0 Å². The summed E-state index contributed by atoms with van der Waals surface area (Å²) in [6.07, 6.45) is 5.19. The molecule has 236 valence electrons. The fourth-order valence-electron chi connectivity index (χ4n) is 8.73. The second-order valence-electron chi connectivity index (χ2n) is 13.3. The molecule has 0 spiro atoms. The van der Waals surface area contributed by atoms with Crippen molar-refractivity contribution in [1.29, 1.82) is 0 Å². The number of rotatable bonds is 7. The number of para-hydroxylation sites is 1. The van der Waals surface area contributed by atoms with Gasteiger partial charge in [-0.15, -0.1) is 0 Å². The molecule has 3 aromatic carbocycles. The van der Waals surface area contributed by atoms with E-state index in [4.69, 9.17) is 16.3 Å². The molecular weight excluding hydrogens is 602 g/mol. The van der Waals surface area contributed by atoms with Gasteiger partial charge in [0.05, 0.1) is 12.6 Å². The van der Waals surface area contributed by atoms with Crippen LogP contribution in [0.25, 0.3) is 16.6 Å². The molecule has 46 heavy (non-hydrogen) atoms. The van der Waals surface area contributed by atoms with E-state index in [1.807, 2.05) is 42.5 Å². The van der Waals surface area contributed by atoms with E-state index in [0.717, 1.165) is 37.7 Å². The van der Waals surface area contributed by atoms with E-state index < -0.39 is 5.97 Å². The molecule has 0 aliphatic heterocycles. The van der Waals surface area contributed by atoms with Crippen LogP contribution in [0.3, 0.4) is 0 Å². The van der Waals surface area contributed by atoms with Crippen molar-refractivity contribution in [3.05, 3.63) is 110 Å². The van der Waals surface area contributed by atoms with E-state index in [1.54, 1.807) is 41.8 Å². The van der Waals surface area contributed by atoms with Gasteiger partial charge in [-0.3, -0.25) is 14.4 Å². The average Bonchev–Trinajstić information content (AvgIpc) is 3.03. The number of esters is 1. The normalized spacial score (nSPS) is 24.5. The zero-order valence-corrected chi connectivity index (χ0v) is 26.6. The van der Waals surface area contributed by atoms with Crippen LogP contribution in [0.1, 0.15) is 71.0 Å². The van der Waals surface area contributed by atoms with E-state index in [2.05, 4.69) is 10.6 Å². The smallest absolute Gasteiger partial charge is 0.355 e. The average molecular weight is 638 g/mol. The topological polar surface area (TPSA) is 106 Å². The van der Waals surface area contributed by atoms with E-state index in [9.17, 15) is 19.2 Å². The number of aromatic nitrogens is 1. The zero-order valence-electron chi connectivity index (χ0n) is 25.8. The number of amides is 2. The van der Waals surface area contributed by atoms with Gasteiger partial charge >= 0.3 is 5.97 Å². The van der Waals surface area contributed by atoms with Gasteiger partial charge in [-0.25, -0.2) is 4.79 Å². The Morgan fingerprint density at radius 3 is 2.30 bits per heavy atom. The predicted octanol–water partition coefficient (Wildman–Crippen LogP) is 5.83. The lowest BCUT2D eigenvalue weighted by molar-refractivity contribution is -0.125. The van der Waals surface area contributed by atoms with Crippen LogP contribution in [0.5, 0.6) is 0 Å². The molecule has 0 saturated heterocycles. The first-order valence-corrected chi connectivity index (χ1v) is 16.2. The Kier molecular flexibility index (Phi) is 7.71. The number of pyridine rings is 1. The molecule has 4 aromatic rings.